The number of non-ortho nitro benzene ring substituents is 1. The van der Waals surface area contributed by atoms with Crippen LogP contribution in [0.1, 0.15) is 11.3 Å². The number of benzene rings is 2. The summed E-state index contributed by atoms with van der Waals surface area (Å²) >= 11 is 8.48. The van der Waals surface area contributed by atoms with E-state index in [1.807, 2.05) is 24.3 Å². The van der Waals surface area contributed by atoms with Crippen LogP contribution in [0.3, 0.4) is 0 Å². The van der Waals surface area contributed by atoms with Crippen molar-refractivity contribution in [3.63, 3.8) is 0 Å². The largest absolute Gasteiger partial charge is 0.457 e. The van der Waals surface area contributed by atoms with Gasteiger partial charge in [0.2, 0.25) is 5.12 Å². The number of carbonyl (C=O) groups excluding carboxylic acids is 1. The van der Waals surface area contributed by atoms with Crippen LogP contribution in [0.4, 0.5) is 5.69 Å². The zero-order chi connectivity index (χ0) is 21.1. The first-order valence-electron chi connectivity index (χ1n) is 8.72. The monoisotopic (exact) mass is 456 g/mol. The van der Waals surface area contributed by atoms with Crippen LogP contribution in [-0.4, -0.2) is 14.4 Å². The number of nitro groups is 1. The van der Waals surface area contributed by atoms with Gasteiger partial charge in [-0.1, -0.05) is 35.5 Å². The maximum Gasteiger partial charge on any atom is 0.269 e. The van der Waals surface area contributed by atoms with Crippen molar-refractivity contribution in [3.8, 4) is 11.3 Å². The van der Waals surface area contributed by atoms with Crippen molar-refractivity contribution < 1.29 is 14.1 Å². The first kappa shape index (κ1) is 20.5. The van der Waals surface area contributed by atoms with Crippen LogP contribution in [0.2, 0.25) is 5.02 Å². The van der Waals surface area contributed by atoms with Crippen LogP contribution >= 0.6 is 35.1 Å². The first-order valence-corrected chi connectivity index (χ1v) is 10.9. The molecule has 0 radical (unpaired) electrons. The summed E-state index contributed by atoms with van der Waals surface area (Å²) in [4.78, 5) is 27.0. The van der Waals surface area contributed by atoms with Crippen LogP contribution in [0.25, 0.3) is 17.4 Å². The second-order valence-electron chi connectivity index (χ2n) is 6.22. The van der Waals surface area contributed by atoms with Gasteiger partial charge in [-0.25, -0.2) is 4.99 Å². The molecule has 150 valence electrons. The van der Waals surface area contributed by atoms with Crippen molar-refractivity contribution in [2.45, 2.75) is 5.75 Å². The number of hydrogen-bond donors (Lipinski definition) is 0. The number of furan rings is 1. The van der Waals surface area contributed by atoms with Gasteiger partial charge in [0.25, 0.3) is 5.69 Å². The van der Waals surface area contributed by atoms with E-state index in [0.29, 0.717) is 37.9 Å². The minimum Gasteiger partial charge on any atom is -0.457 e. The molecule has 9 heteroatoms. The number of halogens is 1. The summed E-state index contributed by atoms with van der Waals surface area (Å²) in [5.41, 5.74) is 2.14. The SMILES string of the molecule is O=C1SC(SCc2ccc(Cl)cc2)=N/C1=C/c1ccc(-c2ccc([N+](=O)[O-])cc2)o1. The van der Waals surface area contributed by atoms with Gasteiger partial charge < -0.3 is 4.42 Å². The molecule has 3 aromatic rings. The van der Waals surface area contributed by atoms with Gasteiger partial charge in [-0.3, -0.25) is 14.9 Å². The van der Waals surface area contributed by atoms with Gasteiger partial charge in [0.1, 0.15) is 21.6 Å². The summed E-state index contributed by atoms with van der Waals surface area (Å²) in [5, 5.41) is 11.3. The molecule has 0 amide bonds. The molecule has 6 nitrogen and oxygen atoms in total. The second kappa shape index (κ2) is 8.91. The van der Waals surface area contributed by atoms with E-state index in [0.717, 1.165) is 17.3 Å². The zero-order valence-corrected chi connectivity index (χ0v) is 17.7. The third kappa shape index (κ3) is 4.84. The molecule has 0 unspecified atom stereocenters. The Balaban J connectivity index is 1.45. The Kier molecular flexibility index (Phi) is 6.08. The van der Waals surface area contributed by atoms with E-state index in [1.165, 1.54) is 23.9 Å². The molecule has 0 aliphatic carbocycles. The molecule has 1 aliphatic heterocycles. The van der Waals surface area contributed by atoms with E-state index in [9.17, 15) is 14.9 Å². The lowest BCUT2D eigenvalue weighted by molar-refractivity contribution is -0.384. The summed E-state index contributed by atoms with van der Waals surface area (Å²) in [6.07, 6.45) is 1.60. The molecule has 2 aromatic carbocycles. The summed E-state index contributed by atoms with van der Waals surface area (Å²) < 4.78 is 6.44. The van der Waals surface area contributed by atoms with Gasteiger partial charge in [0, 0.05) is 34.5 Å². The Morgan fingerprint density at radius 2 is 1.83 bits per heavy atom. The predicted octanol–water partition coefficient (Wildman–Crippen LogP) is 6.41. The van der Waals surface area contributed by atoms with Crippen molar-refractivity contribution >= 4 is 56.4 Å². The van der Waals surface area contributed by atoms with Crippen LogP contribution in [-0.2, 0) is 10.5 Å². The van der Waals surface area contributed by atoms with Crippen LogP contribution in [0, 0.1) is 10.1 Å². The van der Waals surface area contributed by atoms with Gasteiger partial charge >= 0.3 is 0 Å². The lowest BCUT2D eigenvalue weighted by atomic mass is 10.1. The molecule has 0 saturated carbocycles. The molecular formula is C21H13ClN2O4S2. The van der Waals surface area contributed by atoms with Gasteiger partial charge in [0.15, 0.2) is 0 Å². The number of aliphatic imine (C=N–C) groups is 1. The quantitative estimate of drug-likeness (QED) is 0.250. The number of nitro benzene ring substituents is 1. The van der Waals surface area contributed by atoms with E-state index < -0.39 is 4.92 Å². The molecule has 0 fully saturated rings. The van der Waals surface area contributed by atoms with Gasteiger partial charge in [-0.2, -0.15) is 0 Å². The lowest BCUT2D eigenvalue weighted by Crippen LogP contribution is -1.88. The Hall–Kier alpha value is -2.81. The Morgan fingerprint density at radius 1 is 1.10 bits per heavy atom. The number of rotatable bonds is 5. The Labute approximate surface area is 185 Å². The minimum atomic E-state index is -0.453. The highest BCUT2D eigenvalue weighted by atomic mass is 35.5. The van der Waals surface area contributed by atoms with E-state index in [2.05, 4.69) is 4.99 Å². The third-order valence-electron chi connectivity index (χ3n) is 4.14. The van der Waals surface area contributed by atoms with Crippen LogP contribution in [0.5, 0.6) is 0 Å². The van der Waals surface area contributed by atoms with Crippen molar-refractivity contribution in [3.05, 3.63) is 92.8 Å². The molecule has 0 saturated heterocycles. The predicted molar refractivity (Wildman–Crippen MR) is 122 cm³/mol. The normalized spacial score (nSPS) is 14.9. The van der Waals surface area contributed by atoms with Crippen molar-refractivity contribution in [1.29, 1.82) is 0 Å². The summed E-state index contributed by atoms with van der Waals surface area (Å²) in [6, 6.07) is 17.1. The standard InChI is InChI=1S/C21H13ClN2O4S2/c22-15-5-1-13(2-6-15)12-29-21-23-18(20(25)30-21)11-17-9-10-19(28-17)14-3-7-16(8-4-14)24(26)27/h1-11H,12H2/b18-11+. The topological polar surface area (TPSA) is 85.7 Å². The maximum absolute atomic E-state index is 12.3. The molecule has 1 aromatic heterocycles. The summed E-state index contributed by atoms with van der Waals surface area (Å²) in [7, 11) is 0. The fourth-order valence-electron chi connectivity index (χ4n) is 2.64. The van der Waals surface area contributed by atoms with Crippen LogP contribution < -0.4 is 0 Å². The second-order valence-corrected chi connectivity index (χ2v) is 8.84. The van der Waals surface area contributed by atoms with Crippen molar-refractivity contribution in [2.75, 3.05) is 0 Å². The smallest absolute Gasteiger partial charge is 0.269 e. The average Bonchev–Trinajstić information content (AvgIpc) is 3.35. The fourth-order valence-corrected chi connectivity index (χ4v) is 4.57. The first-order chi connectivity index (χ1) is 14.5. The van der Waals surface area contributed by atoms with Gasteiger partial charge in [-0.15, -0.1) is 0 Å². The van der Waals surface area contributed by atoms with Crippen molar-refractivity contribution in [2.24, 2.45) is 4.99 Å². The Bertz CT molecular complexity index is 1170. The highest BCUT2D eigenvalue weighted by molar-refractivity contribution is 8.45. The molecule has 30 heavy (non-hydrogen) atoms. The summed E-state index contributed by atoms with van der Waals surface area (Å²) in [6.45, 7) is 0. The van der Waals surface area contributed by atoms with E-state index in [-0.39, 0.29) is 10.8 Å². The zero-order valence-electron chi connectivity index (χ0n) is 15.3. The number of carbonyl (C=O) groups is 1. The van der Waals surface area contributed by atoms with E-state index >= 15 is 0 Å². The minimum absolute atomic E-state index is 0.0131. The van der Waals surface area contributed by atoms with E-state index in [1.54, 1.807) is 30.3 Å². The molecular weight excluding hydrogens is 444 g/mol. The average molecular weight is 457 g/mol. The number of hydrogen-bond acceptors (Lipinski definition) is 7. The highest BCUT2D eigenvalue weighted by Crippen LogP contribution is 2.33. The van der Waals surface area contributed by atoms with E-state index in [4.69, 9.17) is 16.0 Å². The fraction of sp³-hybridized carbons (Fsp3) is 0.0476. The molecule has 0 atom stereocenters. The molecule has 1 aliphatic rings. The molecule has 4 rings (SSSR count). The lowest BCUT2D eigenvalue weighted by Gasteiger charge is -1.99. The molecule has 2 heterocycles. The summed E-state index contributed by atoms with van der Waals surface area (Å²) in [5.74, 6) is 1.73. The van der Waals surface area contributed by atoms with Gasteiger partial charge in [0.05, 0.1) is 4.92 Å². The molecule has 0 N–H and O–H groups in total. The third-order valence-corrected chi connectivity index (χ3v) is 6.48. The number of thioether (sulfide) groups is 2. The Morgan fingerprint density at radius 3 is 2.53 bits per heavy atom. The van der Waals surface area contributed by atoms with Gasteiger partial charge in [-0.05, 0) is 53.7 Å². The highest BCUT2D eigenvalue weighted by Gasteiger charge is 2.23. The molecule has 0 bridgehead atoms. The number of nitrogens with zero attached hydrogens (tertiary/aromatic N) is 2. The molecule has 0 spiro atoms. The van der Waals surface area contributed by atoms with Crippen LogP contribution in [0.15, 0.2) is 75.8 Å². The van der Waals surface area contributed by atoms with Crippen molar-refractivity contribution in [1.82, 2.24) is 0 Å². The maximum atomic E-state index is 12.3.